The van der Waals surface area contributed by atoms with Crippen LogP contribution in [0.5, 0.6) is 11.5 Å². The first-order chi connectivity index (χ1) is 10.2. The first-order valence-corrected chi connectivity index (χ1v) is 7.51. The fourth-order valence-electron chi connectivity index (χ4n) is 2.26. The third-order valence-electron chi connectivity index (χ3n) is 3.37. The van der Waals surface area contributed by atoms with Crippen molar-refractivity contribution in [2.24, 2.45) is 0 Å². The fraction of sp³-hybridized carbons (Fsp3) is 0.438. The predicted molar refractivity (Wildman–Crippen MR) is 88.0 cm³/mol. The van der Waals surface area contributed by atoms with Gasteiger partial charge in [0, 0.05) is 29.4 Å². The molecule has 0 saturated carbocycles. The maximum absolute atomic E-state index is 6.49. The Labute approximate surface area is 130 Å². The molecule has 0 aliphatic heterocycles. The van der Waals surface area contributed by atoms with Crippen LogP contribution in [0.3, 0.4) is 0 Å². The second kappa shape index (κ2) is 6.85. The summed E-state index contributed by atoms with van der Waals surface area (Å²) in [5.41, 5.74) is 2.74. The largest absolute Gasteiger partial charge is 0.495 e. The lowest BCUT2D eigenvalue weighted by Gasteiger charge is -2.16. The van der Waals surface area contributed by atoms with Crippen LogP contribution >= 0.6 is 11.6 Å². The Morgan fingerprint density at radius 1 is 1.14 bits per heavy atom. The second-order valence-corrected chi connectivity index (χ2v) is 5.14. The normalized spacial score (nSPS) is 10.7. The van der Waals surface area contributed by atoms with Crippen molar-refractivity contribution in [3.63, 3.8) is 0 Å². The van der Waals surface area contributed by atoms with Crippen molar-refractivity contribution in [2.45, 2.75) is 26.7 Å². The van der Waals surface area contributed by atoms with Crippen LogP contribution in [-0.4, -0.2) is 25.7 Å². The third-order valence-corrected chi connectivity index (χ3v) is 3.75. The standard InChI is InChI=1S/C16H21ClN2O2/c1-5-7-18-11-8-10(6-2)19-16-13(21-4)9-12(20-3)15(17)14(11)16/h8-9H,5-7H2,1-4H3,(H,18,19). The molecule has 0 aliphatic rings. The highest BCUT2D eigenvalue weighted by atomic mass is 35.5. The van der Waals surface area contributed by atoms with Gasteiger partial charge in [-0.3, -0.25) is 0 Å². The highest BCUT2D eigenvalue weighted by Gasteiger charge is 2.17. The van der Waals surface area contributed by atoms with Gasteiger partial charge in [0.05, 0.1) is 19.2 Å². The molecule has 1 heterocycles. The molecule has 1 aromatic carbocycles. The number of hydrogen-bond acceptors (Lipinski definition) is 4. The van der Waals surface area contributed by atoms with E-state index in [0.29, 0.717) is 16.5 Å². The molecule has 0 amide bonds. The minimum absolute atomic E-state index is 0.557. The monoisotopic (exact) mass is 308 g/mol. The van der Waals surface area contributed by atoms with Crippen LogP contribution in [0.25, 0.3) is 10.9 Å². The highest BCUT2D eigenvalue weighted by molar-refractivity contribution is 6.38. The molecule has 0 spiro atoms. The van der Waals surface area contributed by atoms with E-state index in [1.807, 2.05) is 6.07 Å². The second-order valence-electron chi connectivity index (χ2n) is 4.76. The topological polar surface area (TPSA) is 43.4 Å². The van der Waals surface area contributed by atoms with Crippen molar-refractivity contribution in [3.05, 3.63) is 22.8 Å². The SMILES string of the molecule is CCCNc1cc(CC)nc2c(OC)cc(OC)c(Cl)c12. The number of hydrogen-bond donors (Lipinski definition) is 1. The van der Waals surface area contributed by atoms with Crippen molar-refractivity contribution in [3.8, 4) is 11.5 Å². The summed E-state index contributed by atoms with van der Waals surface area (Å²) in [6.07, 6.45) is 1.88. The predicted octanol–water partition coefficient (Wildman–Crippen LogP) is 4.29. The minimum atomic E-state index is 0.557. The van der Waals surface area contributed by atoms with E-state index in [-0.39, 0.29) is 0 Å². The molecule has 0 fully saturated rings. The van der Waals surface area contributed by atoms with Gasteiger partial charge in [0.25, 0.3) is 0 Å². The Bertz CT molecular complexity index is 644. The van der Waals surface area contributed by atoms with E-state index in [0.717, 1.165) is 41.7 Å². The first kappa shape index (κ1) is 15.7. The number of nitrogens with zero attached hydrogens (tertiary/aromatic N) is 1. The Kier molecular flexibility index (Phi) is 5.12. The first-order valence-electron chi connectivity index (χ1n) is 7.14. The molecule has 1 N–H and O–H groups in total. The Morgan fingerprint density at radius 3 is 2.43 bits per heavy atom. The summed E-state index contributed by atoms with van der Waals surface area (Å²) < 4.78 is 10.8. The molecule has 0 bridgehead atoms. The molecule has 5 heteroatoms. The quantitative estimate of drug-likeness (QED) is 0.864. The number of aryl methyl sites for hydroxylation is 1. The number of halogens is 1. The number of nitrogens with one attached hydrogen (secondary N) is 1. The van der Waals surface area contributed by atoms with E-state index >= 15 is 0 Å². The Hall–Kier alpha value is -1.68. The van der Waals surface area contributed by atoms with Gasteiger partial charge in [-0.05, 0) is 18.9 Å². The van der Waals surface area contributed by atoms with Crippen LogP contribution in [0.15, 0.2) is 12.1 Å². The molecular weight excluding hydrogens is 288 g/mol. The number of methoxy groups -OCH3 is 2. The van der Waals surface area contributed by atoms with Crippen LogP contribution in [0.4, 0.5) is 5.69 Å². The number of rotatable bonds is 6. The smallest absolute Gasteiger partial charge is 0.148 e. The molecule has 114 valence electrons. The van der Waals surface area contributed by atoms with E-state index in [4.69, 9.17) is 21.1 Å². The van der Waals surface area contributed by atoms with Gasteiger partial charge in [0.15, 0.2) is 0 Å². The summed E-state index contributed by atoms with van der Waals surface area (Å²) in [5.74, 6) is 1.26. The summed E-state index contributed by atoms with van der Waals surface area (Å²) in [6, 6.07) is 3.82. The molecule has 21 heavy (non-hydrogen) atoms. The van der Waals surface area contributed by atoms with Gasteiger partial charge < -0.3 is 14.8 Å². The van der Waals surface area contributed by atoms with Crippen molar-refractivity contribution >= 4 is 28.2 Å². The Morgan fingerprint density at radius 2 is 1.86 bits per heavy atom. The molecular formula is C16H21ClN2O2. The van der Waals surface area contributed by atoms with Gasteiger partial charge in [0.2, 0.25) is 0 Å². The lowest BCUT2D eigenvalue weighted by Crippen LogP contribution is -2.04. The summed E-state index contributed by atoms with van der Waals surface area (Å²) in [5, 5.41) is 4.82. The van der Waals surface area contributed by atoms with Crippen molar-refractivity contribution in [2.75, 3.05) is 26.1 Å². The summed E-state index contributed by atoms with van der Waals surface area (Å²) in [7, 11) is 3.22. The zero-order valence-corrected chi connectivity index (χ0v) is 13.7. The van der Waals surface area contributed by atoms with Gasteiger partial charge in [-0.15, -0.1) is 0 Å². The number of ether oxygens (including phenoxy) is 2. The van der Waals surface area contributed by atoms with Gasteiger partial charge in [-0.25, -0.2) is 4.98 Å². The van der Waals surface area contributed by atoms with Gasteiger partial charge in [0.1, 0.15) is 17.0 Å². The highest BCUT2D eigenvalue weighted by Crippen LogP contribution is 2.42. The van der Waals surface area contributed by atoms with E-state index in [1.165, 1.54) is 0 Å². The Balaban J connectivity index is 2.78. The lowest BCUT2D eigenvalue weighted by atomic mass is 10.1. The number of pyridine rings is 1. The van der Waals surface area contributed by atoms with Crippen LogP contribution in [0.1, 0.15) is 26.0 Å². The number of benzene rings is 1. The molecule has 0 aliphatic carbocycles. The molecule has 2 rings (SSSR count). The van der Waals surface area contributed by atoms with Crippen LogP contribution in [0, 0.1) is 0 Å². The van der Waals surface area contributed by atoms with Crippen LogP contribution < -0.4 is 14.8 Å². The van der Waals surface area contributed by atoms with Crippen LogP contribution in [0.2, 0.25) is 5.02 Å². The molecule has 4 nitrogen and oxygen atoms in total. The van der Waals surface area contributed by atoms with Gasteiger partial charge >= 0.3 is 0 Å². The molecule has 0 atom stereocenters. The fourth-order valence-corrected chi connectivity index (χ4v) is 2.58. The van der Waals surface area contributed by atoms with E-state index < -0.39 is 0 Å². The third kappa shape index (κ3) is 3.00. The zero-order chi connectivity index (χ0) is 15.4. The maximum Gasteiger partial charge on any atom is 0.148 e. The van der Waals surface area contributed by atoms with E-state index in [9.17, 15) is 0 Å². The lowest BCUT2D eigenvalue weighted by molar-refractivity contribution is 0.397. The van der Waals surface area contributed by atoms with E-state index in [2.05, 4.69) is 24.1 Å². The molecule has 0 unspecified atom stereocenters. The number of aromatic nitrogens is 1. The zero-order valence-electron chi connectivity index (χ0n) is 12.9. The summed E-state index contributed by atoms with van der Waals surface area (Å²) in [4.78, 5) is 4.66. The maximum atomic E-state index is 6.49. The van der Waals surface area contributed by atoms with Crippen molar-refractivity contribution < 1.29 is 9.47 Å². The minimum Gasteiger partial charge on any atom is -0.495 e. The summed E-state index contributed by atoms with van der Waals surface area (Å²) in [6.45, 7) is 5.08. The van der Waals surface area contributed by atoms with Crippen LogP contribution in [-0.2, 0) is 6.42 Å². The van der Waals surface area contributed by atoms with E-state index in [1.54, 1.807) is 20.3 Å². The van der Waals surface area contributed by atoms with Gasteiger partial charge in [-0.2, -0.15) is 0 Å². The molecule has 2 aromatic rings. The average molecular weight is 309 g/mol. The van der Waals surface area contributed by atoms with Crippen molar-refractivity contribution in [1.29, 1.82) is 0 Å². The number of fused-ring (bicyclic) bond motifs is 1. The molecule has 0 saturated heterocycles. The number of anilines is 1. The van der Waals surface area contributed by atoms with Gasteiger partial charge in [-0.1, -0.05) is 25.4 Å². The summed E-state index contributed by atoms with van der Waals surface area (Å²) >= 11 is 6.49. The molecule has 1 aromatic heterocycles. The van der Waals surface area contributed by atoms with Crippen molar-refractivity contribution in [1.82, 2.24) is 4.98 Å². The average Bonchev–Trinajstić information content (AvgIpc) is 2.52. The molecule has 0 radical (unpaired) electrons.